The van der Waals surface area contributed by atoms with Gasteiger partial charge < -0.3 is 9.88 Å². The second kappa shape index (κ2) is 4.79. The second-order valence-electron chi connectivity index (χ2n) is 4.44. The molecule has 1 aliphatic heterocycles. The van der Waals surface area contributed by atoms with Gasteiger partial charge in [0.1, 0.15) is 5.82 Å². The van der Waals surface area contributed by atoms with Crippen molar-refractivity contribution in [2.24, 2.45) is 0 Å². The van der Waals surface area contributed by atoms with Gasteiger partial charge in [-0.25, -0.2) is 4.98 Å². The van der Waals surface area contributed by atoms with Gasteiger partial charge in [0.25, 0.3) is 0 Å². The van der Waals surface area contributed by atoms with Gasteiger partial charge in [-0.2, -0.15) is 0 Å². The van der Waals surface area contributed by atoms with Crippen LogP contribution in [0.1, 0.15) is 50.2 Å². The predicted octanol–water partition coefficient (Wildman–Crippen LogP) is 2.42. The lowest BCUT2D eigenvalue weighted by molar-refractivity contribution is 0.476. The summed E-state index contributed by atoms with van der Waals surface area (Å²) in [7, 11) is 0. The normalized spacial score (nSPS) is 21.1. The van der Waals surface area contributed by atoms with E-state index in [1.165, 1.54) is 31.5 Å². The summed E-state index contributed by atoms with van der Waals surface area (Å²) in [5.41, 5.74) is 1.15. The molecule has 1 aromatic rings. The first kappa shape index (κ1) is 10.7. The van der Waals surface area contributed by atoms with Crippen molar-refractivity contribution in [3.05, 3.63) is 17.7 Å². The fourth-order valence-corrected chi connectivity index (χ4v) is 2.28. The average molecular weight is 207 g/mol. The molecule has 0 saturated heterocycles. The van der Waals surface area contributed by atoms with Gasteiger partial charge in [-0.1, -0.05) is 19.8 Å². The standard InChI is InChI=1S/C12H21N3/c1-3-4-6-11-12-14-10(2)9-15(12)8-5-7-13-11/h9,11,13H,3-8H2,1-2H3. The zero-order chi connectivity index (χ0) is 10.7. The van der Waals surface area contributed by atoms with Gasteiger partial charge >= 0.3 is 0 Å². The largest absolute Gasteiger partial charge is 0.333 e. The van der Waals surface area contributed by atoms with E-state index in [2.05, 4.69) is 34.9 Å². The van der Waals surface area contributed by atoms with Crippen molar-refractivity contribution in [3.8, 4) is 0 Å². The third-order valence-corrected chi connectivity index (χ3v) is 3.05. The third kappa shape index (κ3) is 2.40. The summed E-state index contributed by atoms with van der Waals surface area (Å²) in [5.74, 6) is 1.25. The summed E-state index contributed by atoms with van der Waals surface area (Å²) in [6.07, 6.45) is 7.15. The van der Waals surface area contributed by atoms with E-state index in [0.29, 0.717) is 6.04 Å². The van der Waals surface area contributed by atoms with Crippen LogP contribution in [0.5, 0.6) is 0 Å². The van der Waals surface area contributed by atoms with E-state index in [-0.39, 0.29) is 0 Å². The summed E-state index contributed by atoms with van der Waals surface area (Å²) >= 11 is 0. The van der Waals surface area contributed by atoms with Gasteiger partial charge in [0, 0.05) is 12.7 Å². The first-order valence-corrected chi connectivity index (χ1v) is 6.08. The van der Waals surface area contributed by atoms with E-state index >= 15 is 0 Å². The molecular weight excluding hydrogens is 186 g/mol. The van der Waals surface area contributed by atoms with Crippen molar-refractivity contribution < 1.29 is 0 Å². The van der Waals surface area contributed by atoms with Crippen molar-refractivity contribution in [3.63, 3.8) is 0 Å². The molecule has 3 nitrogen and oxygen atoms in total. The van der Waals surface area contributed by atoms with Gasteiger partial charge in [-0.15, -0.1) is 0 Å². The molecule has 0 amide bonds. The molecule has 1 N–H and O–H groups in total. The molecule has 2 heterocycles. The number of unbranched alkanes of at least 4 members (excludes halogenated alkanes) is 1. The molecule has 1 aliphatic rings. The quantitative estimate of drug-likeness (QED) is 0.825. The maximum atomic E-state index is 4.65. The summed E-state index contributed by atoms with van der Waals surface area (Å²) in [4.78, 5) is 4.65. The molecule has 15 heavy (non-hydrogen) atoms. The number of hydrogen-bond donors (Lipinski definition) is 1. The lowest BCUT2D eigenvalue weighted by Crippen LogP contribution is -2.21. The van der Waals surface area contributed by atoms with Crippen molar-refractivity contribution >= 4 is 0 Å². The van der Waals surface area contributed by atoms with Crippen LogP contribution in [0.4, 0.5) is 0 Å². The molecule has 0 spiro atoms. The maximum Gasteiger partial charge on any atom is 0.126 e. The topological polar surface area (TPSA) is 29.9 Å². The highest BCUT2D eigenvalue weighted by atomic mass is 15.1. The van der Waals surface area contributed by atoms with Crippen LogP contribution in [-0.4, -0.2) is 16.1 Å². The molecule has 2 rings (SSSR count). The number of aryl methyl sites for hydroxylation is 2. The van der Waals surface area contributed by atoms with Gasteiger partial charge in [-0.3, -0.25) is 0 Å². The molecule has 0 aliphatic carbocycles. The highest BCUT2D eigenvalue weighted by Crippen LogP contribution is 2.21. The van der Waals surface area contributed by atoms with Crippen LogP contribution in [0.2, 0.25) is 0 Å². The smallest absolute Gasteiger partial charge is 0.126 e. The molecule has 0 fully saturated rings. The molecule has 0 radical (unpaired) electrons. The Kier molecular flexibility index (Phi) is 3.41. The Morgan fingerprint density at radius 3 is 3.27 bits per heavy atom. The highest BCUT2D eigenvalue weighted by molar-refractivity contribution is 5.07. The van der Waals surface area contributed by atoms with Crippen LogP contribution in [0, 0.1) is 6.92 Å². The maximum absolute atomic E-state index is 4.65. The van der Waals surface area contributed by atoms with Crippen molar-refractivity contribution in [2.75, 3.05) is 6.54 Å². The minimum absolute atomic E-state index is 0.473. The van der Waals surface area contributed by atoms with Gasteiger partial charge in [-0.05, 0) is 26.3 Å². The first-order chi connectivity index (χ1) is 7.31. The number of aromatic nitrogens is 2. The van der Waals surface area contributed by atoms with E-state index in [1.54, 1.807) is 0 Å². The van der Waals surface area contributed by atoms with Crippen molar-refractivity contribution in [2.45, 2.75) is 52.1 Å². The molecule has 3 heteroatoms. The summed E-state index contributed by atoms with van der Waals surface area (Å²) in [6.45, 7) is 6.56. The Balaban J connectivity index is 2.16. The molecule has 84 valence electrons. The zero-order valence-corrected chi connectivity index (χ0v) is 9.79. The SMILES string of the molecule is CCCCC1NCCCn2cc(C)nc21. The van der Waals surface area contributed by atoms with Crippen LogP contribution < -0.4 is 5.32 Å². The van der Waals surface area contributed by atoms with Crippen LogP contribution >= 0.6 is 0 Å². The van der Waals surface area contributed by atoms with E-state index in [4.69, 9.17) is 0 Å². The predicted molar refractivity (Wildman–Crippen MR) is 61.8 cm³/mol. The average Bonchev–Trinajstić information content (AvgIpc) is 2.49. The summed E-state index contributed by atoms with van der Waals surface area (Å²) in [6, 6.07) is 0.473. The lowest BCUT2D eigenvalue weighted by Gasteiger charge is -2.15. The number of hydrogen-bond acceptors (Lipinski definition) is 2. The highest BCUT2D eigenvalue weighted by Gasteiger charge is 2.19. The van der Waals surface area contributed by atoms with E-state index in [0.717, 1.165) is 18.8 Å². The van der Waals surface area contributed by atoms with Crippen LogP contribution in [0.15, 0.2) is 6.20 Å². The number of fused-ring (bicyclic) bond motifs is 1. The van der Waals surface area contributed by atoms with E-state index in [9.17, 15) is 0 Å². The second-order valence-corrected chi connectivity index (χ2v) is 4.44. The molecule has 1 atom stereocenters. The number of nitrogens with one attached hydrogen (secondary N) is 1. The summed E-state index contributed by atoms with van der Waals surface area (Å²) in [5, 5.41) is 3.60. The Labute approximate surface area is 91.9 Å². The number of imidazole rings is 1. The van der Waals surface area contributed by atoms with Crippen molar-refractivity contribution in [1.82, 2.24) is 14.9 Å². The van der Waals surface area contributed by atoms with Crippen LogP contribution in [0.3, 0.4) is 0 Å². The Morgan fingerprint density at radius 2 is 2.47 bits per heavy atom. The minimum Gasteiger partial charge on any atom is -0.333 e. The van der Waals surface area contributed by atoms with Gasteiger partial charge in [0.05, 0.1) is 11.7 Å². The minimum atomic E-state index is 0.473. The molecular formula is C12H21N3. The fraction of sp³-hybridized carbons (Fsp3) is 0.750. The molecule has 0 saturated carbocycles. The van der Waals surface area contributed by atoms with E-state index in [1.807, 2.05) is 0 Å². The Bertz CT molecular complexity index is 317. The number of rotatable bonds is 3. The number of nitrogens with zero attached hydrogens (tertiary/aromatic N) is 2. The monoisotopic (exact) mass is 207 g/mol. The Morgan fingerprint density at radius 1 is 1.60 bits per heavy atom. The van der Waals surface area contributed by atoms with Gasteiger partial charge in [0.15, 0.2) is 0 Å². The van der Waals surface area contributed by atoms with Gasteiger partial charge in [0.2, 0.25) is 0 Å². The third-order valence-electron chi connectivity index (χ3n) is 3.05. The molecule has 0 aromatic carbocycles. The first-order valence-electron chi connectivity index (χ1n) is 6.08. The molecule has 0 bridgehead atoms. The zero-order valence-electron chi connectivity index (χ0n) is 9.79. The van der Waals surface area contributed by atoms with E-state index < -0.39 is 0 Å². The van der Waals surface area contributed by atoms with Crippen LogP contribution in [-0.2, 0) is 6.54 Å². The Hall–Kier alpha value is -0.830. The lowest BCUT2D eigenvalue weighted by atomic mass is 10.1. The van der Waals surface area contributed by atoms with Crippen LogP contribution in [0.25, 0.3) is 0 Å². The molecule has 1 aromatic heterocycles. The fourth-order valence-electron chi connectivity index (χ4n) is 2.28. The molecule has 1 unspecified atom stereocenters. The van der Waals surface area contributed by atoms with Crippen molar-refractivity contribution in [1.29, 1.82) is 0 Å². The summed E-state index contributed by atoms with van der Waals surface area (Å²) < 4.78 is 2.33.